The summed E-state index contributed by atoms with van der Waals surface area (Å²) < 4.78 is 34.4. The minimum Gasteiger partial charge on any atom is -0.493 e. The van der Waals surface area contributed by atoms with Crippen molar-refractivity contribution in [3.05, 3.63) is 48.0 Å². The lowest BCUT2D eigenvalue weighted by Crippen LogP contribution is -2.31. The zero-order chi connectivity index (χ0) is 17.8. The number of anilines is 1. The minimum absolute atomic E-state index is 0.0964. The fraction of sp³-hybridized carbons (Fsp3) is 0.278. The molecule has 0 bridgehead atoms. The molecule has 4 nitrogen and oxygen atoms in total. The number of hydrogen-bond donors (Lipinski definition) is 0. The summed E-state index contributed by atoms with van der Waals surface area (Å²) in [6, 6.07) is 12.0. The number of hydrogen-bond acceptors (Lipinski definition) is 4. The first-order valence-electron chi connectivity index (χ1n) is 7.76. The zero-order valence-corrected chi connectivity index (χ0v) is 14.4. The van der Waals surface area contributed by atoms with Crippen LogP contribution in [0.3, 0.4) is 0 Å². The van der Waals surface area contributed by atoms with Gasteiger partial charge in [0.2, 0.25) is 0 Å². The Bertz CT molecular complexity index is 770. The summed E-state index contributed by atoms with van der Waals surface area (Å²) in [5.41, 5.74) is 1.22. The molecule has 132 valence electrons. The van der Waals surface area contributed by atoms with Crippen molar-refractivity contribution in [2.24, 2.45) is 0 Å². The third-order valence-corrected chi connectivity index (χ3v) is 4.96. The van der Waals surface area contributed by atoms with E-state index in [0.717, 1.165) is 22.8 Å². The van der Waals surface area contributed by atoms with E-state index in [-0.39, 0.29) is 17.4 Å². The SMILES string of the molecule is COc1cc(C(=O)N2CCCSc3ccccc32)ccc1OC(F)F. The quantitative estimate of drug-likeness (QED) is 0.803. The predicted molar refractivity (Wildman–Crippen MR) is 93.1 cm³/mol. The largest absolute Gasteiger partial charge is 0.493 e. The first-order chi connectivity index (χ1) is 12.1. The minimum atomic E-state index is -2.95. The number of rotatable bonds is 4. The Balaban J connectivity index is 1.93. The number of halogens is 2. The van der Waals surface area contributed by atoms with Crippen LogP contribution in [0.5, 0.6) is 11.5 Å². The van der Waals surface area contributed by atoms with Gasteiger partial charge in [-0.25, -0.2) is 0 Å². The van der Waals surface area contributed by atoms with Crippen LogP contribution in [0, 0.1) is 0 Å². The Morgan fingerprint density at radius 1 is 1.20 bits per heavy atom. The predicted octanol–water partition coefficient (Wildman–Crippen LogP) is 4.44. The molecule has 2 aromatic rings. The Kier molecular flexibility index (Phi) is 5.43. The molecule has 1 amide bonds. The van der Waals surface area contributed by atoms with E-state index < -0.39 is 6.61 Å². The Morgan fingerprint density at radius 2 is 2.00 bits per heavy atom. The van der Waals surface area contributed by atoms with Crippen LogP contribution in [0.25, 0.3) is 0 Å². The summed E-state index contributed by atoms with van der Waals surface area (Å²) >= 11 is 1.72. The van der Waals surface area contributed by atoms with Crippen molar-refractivity contribution < 1.29 is 23.0 Å². The normalized spacial score (nSPS) is 14.0. The van der Waals surface area contributed by atoms with E-state index in [1.807, 2.05) is 24.3 Å². The van der Waals surface area contributed by atoms with Gasteiger partial charge in [0.05, 0.1) is 12.8 Å². The highest BCUT2D eigenvalue weighted by Crippen LogP contribution is 2.35. The molecule has 1 heterocycles. The maximum atomic E-state index is 13.0. The Labute approximate surface area is 148 Å². The van der Waals surface area contributed by atoms with Gasteiger partial charge in [0.25, 0.3) is 5.91 Å². The molecular weight excluding hydrogens is 348 g/mol. The van der Waals surface area contributed by atoms with Crippen molar-refractivity contribution in [2.75, 3.05) is 24.3 Å². The second-order valence-electron chi connectivity index (χ2n) is 5.37. The number of carbonyl (C=O) groups excluding carboxylic acids is 1. The molecule has 1 aliphatic heterocycles. The molecule has 0 aromatic heterocycles. The highest BCUT2D eigenvalue weighted by Gasteiger charge is 2.23. The van der Waals surface area contributed by atoms with Crippen LogP contribution in [0.4, 0.5) is 14.5 Å². The average molecular weight is 365 g/mol. The van der Waals surface area contributed by atoms with Gasteiger partial charge in [-0.15, -0.1) is 11.8 Å². The highest BCUT2D eigenvalue weighted by molar-refractivity contribution is 7.99. The average Bonchev–Trinajstić information content (AvgIpc) is 2.83. The molecule has 7 heteroatoms. The van der Waals surface area contributed by atoms with E-state index in [0.29, 0.717) is 12.1 Å². The molecule has 0 radical (unpaired) electrons. The fourth-order valence-electron chi connectivity index (χ4n) is 2.69. The number of thioether (sulfide) groups is 1. The summed E-state index contributed by atoms with van der Waals surface area (Å²) in [7, 11) is 1.35. The summed E-state index contributed by atoms with van der Waals surface area (Å²) in [5.74, 6) is 0.743. The summed E-state index contributed by atoms with van der Waals surface area (Å²) in [6.07, 6.45) is 0.870. The third-order valence-electron chi connectivity index (χ3n) is 3.81. The van der Waals surface area contributed by atoms with Gasteiger partial charge in [0, 0.05) is 17.0 Å². The van der Waals surface area contributed by atoms with Crippen molar-refractivity contribution >= 4 is 23.4 Å². The van der Waals surface area contributed by atoms with Crippen LogP contribution in [0.2, 0.25) is 0 Å². The number of alkyl halides is 2. The van der Waals surface area contributed by atoms with Crippen LogP contribution in [-0.4, -0.2) is 31.9 Å². The van der Waals surface area contributed by atoms with Crippen LogP contribution in [0.15, 0.2) is 47.4 Å². The van der Waals surface area contributed by atoms with E-state index in [4.69, 9.17) is 4.74 Å². The van der Waals surface area contributed by atoms with Gasteiger partial charge in [-0.3, -0.25) is 4.79 Å². The van der Waals surface area contributed by atoms with Gasteiger partial charge in [-0.2, -0.15) is 8.78 Å². The van der Waals surface area contributed by atoms with Crippen LogP contribution < -0.4 is 14.4 Å². The molecule has 0 saturated heterocycles. The van der Waals surface area contributed by atoms with Crippen molar-refractivity contribution in [2.45, 2.75) is 17.9 Å². The lowest BCUT2D eigenvalue weighted by molar-refractivity contribution is -0.0512. The molecule has 25 heavy (non-hydrogen) atoms. The highest BCUT2D eigenvalue weighted by atomic mass is 32.2. The second kappa shape index (κ2) is 7.74. The number of amides is 1. The zero-order valence-electron chi connectivity index (χ0n) is 13.6. The Morgan fingerprint density at radius 3 is 2.76 bits per heavy atom. The monoisotopic (exact) mass is 365 g/mol. The number of methoxy groups -OCH3 is 1. The van der Waals surface area contributed by atoms with Gasteiger partial charge >= 0.3 is 6.61 Å². The third kappa shape index (κ3) is 3.87. The Hall–Kier alpha value is -2.28. The van der Waals surface area contributed by atoms with Gasteiger partial charge in [-0.1, -0.05) is 12.1 Å². The van der Waals surface area contributed by atoms with Crippen LogP contribution >= 0.6 is 11.8 Å². The van der Waals surface area contributed by atoms with E-state index in [2.05, 4.69) is 4.74 Å². The summed E-state index contributed by atoms with van der Waals surface area (Å²) in [6.45, 7) is -2.36. The van der Waals surface area contributed by atoms with E-state index in [1.165, 1.54) is 25.3 Å². The van der Waals surface area contributed by atoms with Gasteiger partial charge in [-0.05, 0) is 42.5 Å². The van der Waals surface area contributed by atoms with E-state index in [1.54, 1.807) is 16.7 Å². The number of nitrogens with zero attached hydrogens (tertiary/aromatic N) is 1. The molecule has 0 unspecified atom stereocenters. The maximum absolute atomic E-state index is 13.0. The van der Waals surface area contributed by atoms with Crippen molar-refractivity contribution in [3.8, 4) is 11.5 Å². The van der Waals surface area contributed by atoms with Crippen LogP contribution in [0.1, 0.15) is 16.8 Å². The van der Waals surface area contributed by atoms with Crippen molar-refractivity contribution in [3.63, 3.8) is 0 Å². The molecule has 3 rings (SSSR count). The number of ether oxygens (including phenoxy) is 2. The van der Waals surface area contributed by atoms with Gasteiger partial charge in [0.15, 0.2) is 11.5 Å². The summed E-state index contributed by atoms with van der Waals surface area (Å²) in [5, 5.41) is 0. The second-order valence-corrected chi connectivity index (χ2v) is 6.51. The number of fused-ring (bicyclic) bond motifs is 1. The molecule has 2 aromatic carbocycles. The maximum Gasteiger partial charge on any atom is 0.387 e. The molecule has 0 N–H and O–H groups in total. The van der Waals surface area contributed by atoms with Crippen molar-refractivity contribution in [1.29, 1.82) is 0 Å². The van der Waals surface area contributed by atoms with Gasteiger partial charge in [0.1, 0.15) is 0 Å². The number of carbonyl (C=O) groups is 1. The standard InChI is InChI=1S/C18H17F2NO3S/c1-23-15-11-12(7-8-14(15)24-18(19)20)17(22)21-9-4-10-25-16-6-3-2-5-13(16)21/h2-3,5-8,11,18H,4,9-10H2,1H3. The first-order valence-corrected chi connectivity index (χ1v) is 8.75. The number of benzene rings is 2. The van der Waals surface area contributed by atoms with Crippen LogP contribution in [-0.2, 0) is 0 Å². The van der Waals surface area contributed by atoms with E-state index >= 15 is 0 Å². The summed E-state index contributed by atoms with van der Waals surface area (Å²) in [4.78, 5) is 15.8. The lowest BCUT2D eigenvalue weighted by atomic mass is 10.1. The van der Waals surface area contributed by atoms with Gasteiger partial charge < -0.3 is 14.4 Å². The molecule has 1 aliphatic rings. The number of para-hydroxylation sites is 1. The topological polar surface area (TPSA) is 38.8 Å². The molecular formula is C18H17F2NO3S. The molecule has 0 spiro atoms. The van der Waals surface area contributed by atoms with E-state index in [9.17, 15) is 13.6 Å². The lowest BCUT2D eigenvalue weighted by Gasteiger charge is -2.23. The van der Waals surface area contributed by atoms with Crippen molar-refractivity contribution in [1.82, 2.24) is 0 Å². The first kappa shape index (κ1) is 17.5. The fourth-order valence-corrected chi connectivity index (χ4v) is 3.68. The molecule has 0 saturated carbocycles. The molecule has 0 fully saturated rings. The molecule has 0 atom stereocenters. The molecule has 0 aliphatic carbocycles. The smallest absolute Gasteiger partial charge is 0.387 e.